The highest BCUT2D eigenvalue weighted by molar-refractivity contribution is 5.88. The Kier molecular flexibility index (Phi) is 3.57. The molecule has 5 heteroatoms. The predicted octanol–water partition coefficient (Wildman–Crippen LogP) is 5.30. The van der Waals surface area contributed by atoms with Gasteiger partial charge < -0.3 is 4.57 Å². The van der Waals surface area contributed by atoms with Crippen molar-refractivity contribution >= 4 is 10.9 Å². The minimum atomic E-state index is -0.546. The first kappa shape index (κ1) is 16.1. The lowest BCUT2D eigenvalue weighted by Crippen LogP contribution is -1.98. The van der Waals surface area contributed by atoms with Crippen molar-refractivity contribution in [1.29, 1.82) is 0 Å². The summed E-state index contributed by atoms with van der Waals surface area (Å²) in [4.78, 5) is 9.10. The molecule has 134 valence electrons. The van der Waals surface area contributed by atoms with Gasteiger partial charge in [0.2, 0.25) is 0 Å². The number of hydrogen-bond donors (Lipinski definition) is 0. The summed E-state index contributed by atoms with van der Waals surface area (Å²) in [6.07, 6.45) is 3.65. The fourth-order valence-corrected chi connectivity index (χ4v) is 3.87. The van der Waals surface area contributed by atoms with Crippen LogP contribution in [0.1, 0.15) is 17.8 Å². The maximum atomic E-state index is 14.9. The molecule has 0 unspecified atom stereocenters. The molecule has 0 radical (unpaired) electrons. The molecular weight excluding hydrogens is 344 g/mol. The van der Waals surface area contributed by atoms with E-state index < -0.39 is 11.6 Å². The van der Waals surface area contributed by atoms with E-state index in [1.807, 2.05) is 24.3 Å². The Morgan fingerprint density at radius 2 is 1.96 bits per heavy atom. The highest BCUT2D eigenvalue weighted by atomic mass is 19.1. The number of imidazole rings is 1. The lowest BCUT2D eigenvalue weighted by molar-refractivity contribution is 0.570. The number of pyridine rings is 1. The molecule has 0 amide bonds. The maximum Gasteiger partial charge on any atom is 0.138 e. The Balaban J connectivity index is 1.78. The molecule has 1 aliphatic rings. The Morgan fingerprint density at radius 1 is 1.07 bits per heavy atom. The highest BCUT2D eigenvalue weighted by Crippen LogP contribution is 2.38. The van der Waals surface area contributed by atoms with Crippen molar-refractivity contribution in [1.82, 2.24) is 14.5 Å². The highest BCUT2D eigenvalue weighted by Gasteiger charge is 2.25. The number of aryl methyl sites for hydroxylation is 1. The van der Waals surface area contributed by atoms with Crippen LogP contribution < -0.4 is 0 Å². The van der Waals surface area contributed by atoms with Gasteiger partial charge in [0.15, 0.2) is 0 Å². The summed E-state index contributed by atoms with van der Waals surface area (Å²) in [5.41, 5.74) is 3.71. The average Bonchev–Trinajstić information content (AvgIpc) is 3.27. The van der Waals surface area contributed by atoms with Crippen molar-refractivity contribution < 1.29 is 8.78 Å². The standard InChI is InChI=1S/C22H17F2N3/c1-13-17(23)8-7-16(20(13)24)21-22(27-11-3-5-19(27)26-21)15-6-9-18-14(12-15)4-2-10-25-18/h2,4,6-10,12H,3,5,11H2,1H3. The molecule has 0 bridgehead atoms. The quantitative estimate of drug-likeness (QED) is 0.485. The number of fused-ring (bicyclic) bond motifs is 2. The molecule has 0 atom stereocenters. The molecule has 3 nitrogen and oxygen atoms in total. The number of rotatable bonds is 2. The minimum Gasteiger partial charge on any atom is -0.327 e. The largest absolute Gasteiger partial charge is 0.327 e. The van der Waals surface area contributed by atoms with E-state index in [0.717, 1.165) is 47.4 Å². The van der Waals surface area contributed by atoms with Gasteiger partial charge in [-0.25, -0.2) is 13.8 Å². The van der Waals surface area contributed by atoms with Crippen LogP contribution in [0, 0.1) is 18.6 Å². The summed E-state index contributed by atoms with van der Waals surface area (Å²) in [5, 5.41) is 1.02. The van der Waals surface area contributed by atoms with Crippen LogP contribution in [0.3, 0.4) is 0 Å². The van der Waals surface area contributed by atoms with Gasteiger partial charge in [0.1, 0.15) is 17.5 Å². The fourth-order valence-electron chi connectivity index (χ4n) is 3.87. The van der Waals surface area contributed by atoms with Crippen molar-refractivity contribution in [3.8, 4) is 22.5 Å². The zero-order chi connectivity index (χ0) is 18.5. The Morgan fingerprint density at radius 3 is 2.85 bits per heavy atom. The van der Waals surface area contributed by atoms with Gasteiger partial charge in [-0.2, -0.15) is 0 Å². The number of benzene rings is 2. The molecule has 0 saturated heterocycles. The van der Waals surface area contributed by atoms with E-state index in [2.05, 4.69) is 15.6 Å². The Bertz CT molecular complexity index is 1190. The average molecular weight is 361 g/mol. The van der Waals surface area contributed by atoms with Crippen molar-refractivity contribution in [3.63, 3.8) is 0 Å². The molecular formula is C22H17F2N3. The lowest BCUT2D eigenvalue weighted by Gasteiger charge is -2.11. The monoisotopic (exact) mass is 361 g/mol. The van der Waals surface area contributed by atoms with Crippen molar-refractivity contribution in [2.75, 3.05) is 0 Å². The summed E-state index contributed by atoms with van der Waals surface area (Å²) in [5.74, 6) is -0.135. The second kappa shape index (κ2) is 5.98. The third kappa shape index (κ3) is 2.46. The molecule has 2 aromatic carbocycles. The first-order chi connectivity index (χ1) is 13.1. The molecule has 0 aliphatic carbocycles. The fraction of sp³-hybridized carbons (Fsp3) is 0.182. The molecule has 0 N–H and O–H groups in total. The topological polar surface area (TPSA) is 30.7 Å². The first-order valence-electron chi connectivity index (χ1n) is 9.03. The van der Waals surface area contributed by atoms with Gasteiger partial charge in [-0.05, 0) is 43.7 Å². The van der Waals surface area contributed by atoms with Crippen LogP contribution in [-0.2, 0) is 13.0 Å². The summed E-state index contributed by atoms with van der Waals surface area (Å²) in [7, 11) is 0. The van der Waals surface area contributed by atoms with Crippen LogP contribution in [0.5, 0.6) is 0 Å². The van der Waals surface area contributed by atoms with Gasteiger partial charge >= 0.3 is 0 Å². The van der Waals surface area contributed by atoms with Gasteiger partial charge in [-0.1, -0.05) is 12.1 Å². The van der Waals surface area contributed by atoms with Crippen molar-refractivity contribution in [2.24, 2.45) is 0 Å². The molecule has 4 aromatic rings. The third-order valence-electron chi connectivity index (χ3n) is 5.28. The molecule has 3 heterocycles. The molecule has 5 rings (SSSR count). The van der Waals surface area contributed by atoms with Gasteiger partial charge in [0.25, 0.3) is 0 Å². The van der Waals surface area contributed by atoms with Crippen molar-refractivity contribution in [2.45, 2.75) is 26.3 Å². The van der Waals surface area contributed by atoms with Crippen LogP contribution in [-0.4, -0.2) is 14.5 Å². The summed E-state index contributed by atoms with van der Waals surface area (Å²) >= 11 is 0. The summed E-state index contributed by atoms with van der Waals surface area (Å²) < 4.78 is 30.8. The third-order valence-corrected chi connectivity index (χ3v) is 5.28. The van der Waals surface area contributed by atoms with E-state index in [1.165, 1.54) is 19.1 Å². The van der Waals surface area contributed by atoms with Gasteiger partial charge in [-0.3, -0.25) is 4.98 Å². The predicted molar refractivity (Wildman–Crippen MR) is 101 cm³/mol. The summed E-state index contributed by atoms with van der Waals surface area (Å²) in [6.45, 7) is 2.31. The molecule has 0 spiro atoms. The molecule has 2 aromatic heterocycles. The van der Waals surface area contributed by atoms with Crippen LogP contribution in [0.4, 0.5) is 8.78 Å². The van der Waals surface area contributed by atoms with Crippen molar-refractivity contribution in [3.05, 3.63) is 71.7 Å². The lowest BCUT2D eigenvalue weighted by atomic mass is 10.0. The van der Waals surface area contributed by atoms with Gasteiger partial charge in [0, 0.05) is 41.2 Å². The van der Waals surface area contributed by atoms with E-state index in [-0.39, 0.29) is 5.56 Å². The van der Waals surface area contributed by atoms with Gasteiger partial charge in [-0.15, -0.1) is 0 Å². The van der Waals surface area contributed by atoms with Crippen LogP contribution in [0.25, 0.3) is 33.4 Å². The smallest absolute Gasteiger partial charge is 0.138 e. The zero-order valence-corrected chi connectivity index (χ0v) is 14.8. The molecule has 0 fully saturated rings. The molecule has 27 heavy (non-hydrogen) atoms. The summed E-state index contributed by atoms with van der Waals surface area (Å²) in [6, 6.07) is 12.7. The normalized spacial score (nSPS) is 13.3. The first-order valence-corrected chi connectivity index (χ1v) is 9.03. The number of halogens is 2. The van der Waals surface area contributed by atoms with Crippen LogP contribution >= 0.6 is 0 Å². The number of nitrogens with zero attached hydrogens (tertiary/aromatic N) is 3. The van der Waals surface area contributed by atoms with Gasteiger partial charge in [0.05, 0.1) is 16.9 Å². The van der Waals surface area contributed by atoms with E-state index in [9.17, 15) is 8.78 Å². The van der Waals surface area contributed by atoms with Crippen LogP contribution in [0.15, 0.2) is 48.7 Å². The maximum absolute atomic E-state index is 14.9. The van der Waals surface area contributed by atoms with Crippen LogP contribution in [0.2, 0.25) is 0 Å². The second-order valence-electron chi connectivity index (χ2n) is 6.93. The Hall–Kier alpha value is -3.08. The SMILES string of the molecule is Cc1c(F)ccc(-c2nc3n(c2-c2ccc4ncccc4c2)CCC3)c1F. The van der Waals surface area contributed by atoms with E-state index >= 15 is 0 Å². The second-order valence-corrected chi connectivity index (χ2v) is 6.93. The van der Waals surface area contributed by atoms with E-state index in [0.29, 0.717) is 11.3 Å². The minimum absolute atomic E-state index is 0.0225. The molecule has 1 aliphatic heterocycles. The Labute approximate surface area is 155 Å². The molecule has 0 saturated carbocycles. The van der Waals surface area contributed by atoms with E-state index in [4.69, 9.17) is 4.98 Å². The van der Waals surface area contributed by atoms with E-state index in [1.54, 1.807) is 6.20 Å². The number of aromatic nitrogens is 3. The zero-order valence-electron chi connectivity index (χ0n) is 14.8. The number of hydrogen-bond acceptors (Lipinski definition) is 2.